The number of benzene rings is 2. The number of nitrogens with one attached hydrogen (secondary N) is 1. The standard InChI is InChI=1S/C27H30N4O/c1-19(2)32-26-11-4-3-10-24(26)29-27-23-18-28-13-12-20(23)17-25(30-27)21-8-7-9-22(16-21)31-14-5-6-15-31/h3-4,7-11,13,16-17,19H,5-6,12,14-15,18H2,1-2H3,(H,29,30). The molecule has 2 aliphatic rings. The van der Waals surface area contributed by atoms with Gasteiger partial charge in [-0.25, -0.2) is 4.98 Å². The van der Waals surface area contributed by atoms with Crippen molar-refractivity contribution in [1.29, 1.82) is 0 Å². The van der Waals surface area contributed by atoms with Crippen molar-refractivity contribution in [2.24, 2.45) is 4.99 Å². The second-order valence-corrected chi connectivity index (χ2v) is 8.75. The molecule has 1 N–H and O–H groups in total. The number of hydrogen-bond donors (Lipinski definition) is 1. The first-order valence-electron chi connectivity index (χ1n) is 11.6. The molecular weight excluding hydrogens is 396 g/mol. The fourth-order valence-electron chi connectivity index (χ4n) is 4.44. The van der Waals surface area contributed by atoms with Gasteiger partial charge in [-0.15, -0.1) is 0 Å². The summed E-state index contributed by atoms with van der Waals surface area (Å²) in [6, 6.07) is 19.1. The number of rotatable bonds is 6. The number of nitrogens with zero attached hydrogens (tertiary/aromatic N) is 3. The lowest BCUT2D eigenvalue weighted by molar-refractivity contribution is 0.244. The average molecular weight is 427 g/mol. The van der Waals surface area contributed by atoms with Gasteiger partial charge in [-0.05, 0) is 62.6 Å². The van der Waals surface area contributed by atoms with Crippen LogP contribution in [0.15, 0.2) is 59.6 Å². The van der Waals surface area contributed by atoms with Crippen molar-refractivity contribution >= 4 is 23.4 Å². The fraction of sp³-hybridized carbons (Fsp3) is 0.333. The molecule has 5 heteroatoms. The predicted molar refractivity (Wildman–Crippen MR) is 133 cm³/mol. The maximum Gasteiger partial charge on any atom is 0.143 e. The number of aromatic nitrogens is 1. The third-order valence-corrected chi connectivity index (χ3v) is 6.02. The van der Waals surface area contributed by atoms with E-state index in [1.165, 1.54) is 24.1 Å². The molecule has 0 radical (unpaired) electrons. The van der Waals surface area contributed by atoms with Crippen LogP contribution >= 0.6 is 0 Å². The van der Waals surface area contributed by atoms with E-state index in [4.69, 9.17) is 9.72 Å². The molecule has 0 saturated carbocycles. The highest BCUT2D eigenvalue weighted by Gasteiger charge is 2.18. The van der Waals surface area contributed by atoms with Gasteiger partial charge in [0.05, 0.1) is 24.0 Å². The number of aliphatic imine (C=N–C) groups is 1. The summed E-state index contributed by atoms with van der Waals surface area (Å²) in [7, 11) is 0. The quantitative estimate of drug-likeness (QED) is 0.525. The summed E-state index contributed by atoms with van der Waals surface area (Å²) in [5.41, 5.74) is 6.78. The molecule has 0 unspecified atom stereocenters. The van der Waals surface area contributed by atoms with Crippen molar-refractivity contribution in [3.8, 4) is 17.0 Å². The Kier molecular flexibility index (Phi) is 5.80. The summed E-state index contributed by atoms with van der Waals surface area (Å²) in [6.07, 6.45) is 5.48. The topological polar surface area (TPSA) is 49.8 Å². The van der Waals surface area contributed by atoms with Crippen LogP contribution in [-0.4, -0.2) is 30.4 Å². The molecular formula is C27H30N4O. The van der Waals surface area contributed by atoms with Crippen molar-refractivity contribution in [3.63, 3.8) is 0 Å². The fourth-order valence-corrected chi connectivity index (χ4v) is 4.44. The van der Waals surface area contributed by atoms with E-state index in [-0.39, 0.29) is 6.10 Å². The first-order chi connectivity index (χ1) is 15.7. The van der Waals surface area contributed by atoms with Crippen LogP contribution < -0.4 is 15.0 Å². The molecule has 5 rings (SSSR count). The molecule has 5 nitrogen and oxygen atoms in total. The number of anilines is 3. The summed E-state index contributed by atoms with van der Waals surface area (Å²) in [5.74, 6) is 1.69. The second-order valence-electron chi connectivity index (χ2n) is 8.75. The Balaban J connectivity index is 1.53. The van der Waals surface area contributed by atoms with E-state index in [0.717, 1.165) is 53.6 Å². The molecule has 0 aliphatic carbocycles. The van der Waals surface area contributed by atoms with E-state index in [0.29, 0.717) is 6.54 Å². The monoisotopic (exact) mass is 426 g/mol. The largest absolute Gasteiger partial charge is 0.489 e. The Hall–Kier alpha value is -3.34. The third kappa shape index (κ3) is 4.33. The van der Waals surface area contributed by atoms with E-state index in [9.17, 15) is 0 Å². The molecule has 0 atom stereocenters. The summed E-state index contributed by atoms with van der Waals surface area (Å²) < 4.78 is 6.02. The van der Waals surface area contributed by atoms with Crippen LogP contribution in [0.1, 0.15) is 37.8 Å². The van der Waals surface area contributed by atoms with Crippen LogP contribution in [-0.2, 0) is 13.0 Å². The molecule has 1 fully saturated rings. The SMILES string of the molecule is CC(C)Oc1ccccc1Nc1nc(-c2cccc(N3CCCC3)c2)cc2c1CN=CC2. The van der Waals surface area contributed by atoms with Crippen LogP contribution in [0.5, 0.6) is 5.75 Å². The minimum atomic E-state index is 0.101. The first-order valence-corrected chi connectivity index (χ1v) is 11.6. The molecule has 3 heterocycles. The van der Waals surface area contributed by atoms with Crippen LogP contribution in [0.3, 0.4) is 0 Å². The van der Waals surface area contributed by atoms with E-state index in [1.54, 1.807) is 0 Å². The van der Waals surface area contributed by atoms with Gasteiger partial charge in [-0.2, -0.15) is 0 Å². The van der Waals surface area contributed by atoms with Crippen molar-refractivity contribution in [2.45, 2.75) is 45.8 Å². The number of ether oxygens (including phenoxy) is 1. The number of fused-ring (bicyclic) bond motifs is 1. The van der Waals surface area contributed by atoms with E-state index < -0.39 is 0 Å². The molecule has 0 amide bonds. The van der Waals surface area contributed by atoms with Crippen LogP contribution in [0, 0.1) is 0 Å². The van der Waals surface area contributed by atoms with Gasteiger partial charge in [0.25, 0.3) is 0 Å². The van der Waals surface area contributed by atoms with E-state index in [1.807, 2.05) is 44.3 Å². The summed E-state index contributed by atoms with van der Waals surface area (Å²) >= 11 is 0. The van der Waals surface area contributed by atoms with Gasteiger partial charge in [-0.1, -0.05) is 24.3 Å². The summed E-state index contributed by atoms with van der Waals surface area (Å²) in [6.45, 7) is 7.00. The van der Waals surface area contributed by atoms with Crippen LogP contribution in [0.25, 0.3) is 11.3 Å². The van der Waals surface area contributed by atoms with Crippen molar-refractivity contribution in [2.75, 3.05) is 23.3 Å². The highest BCUT2D eigenvalue weighted by atomic mass is 16.5. The maximum absolute atomic E-state index is 6.02. The van der Waals surface area contributed by atoms with Gasteiger partial charge in [0.15, 0.2) is 0 Å². The predicted octanol–water partition coefficient (Wildman–Crippen LogP) is 6.01. The number of hydrogen-bond acceptors (Lipinski definition) is 5. The number of pyridine rings is 1. The Morgan fingerprint density at radius 3 is 2.69 bits per heavy atom. The Morgan fingerprint density at radius 1 is 1.00 bits per heavy atom. The number of para-hydroxylation sites is 2. The minimum Gasteiger partial charge on any atom is -0.489 e. The van der Waals surface area contributed by atoms with Gasteiger partial charge in [0.1, 0.15) is 11.6 Å². The van der Waals surface area contributed by atoms with Gasteiger partial charge in [0, 0.05) is 42.5 Å². The third-order valence-electron chi connectivity index (χ3n) is 6.02. The summed E-state index contributed by atoms with van der Waals surface area (Å²) in [4.78, 5) is 12.1. The molecule has 164 valence electrons. The van der Waals surface area contributed by atoms with Crippen molar-refractivity contribution in [1.82, 2.24) is 4.98 Å². The Bertz CT molecular complexity index is 1130. The second kappa shape index (κ2) is 9.03. The molecule has 0 spiro atoms. The molecule has 1 saturated heterocycles. The molecule has 0 bridgehead atoms. The highest BCUT2D eigenvalue weighted by molar-refractivity contribution is 5.76. The summed E-state index contributed by atoms with van der Waals surface area (Å²) in [5, 5.41) is 3.57. The Morgan fingerprint density at radius 2 is 1.84 bits per heavy atom. The molecule has 3 aromatic rings. The zero-order valence-corrected chi connectivity index (χ0v) is 18.8. The van der Waals surface area contributed by atoms with Gasteiger partial charge >= 0.3 is 0 Å². The lowest BCUT2D eigenvalue weighted by Gasteiger charge is -2.21. The molecule has 2 aliphatic heterocycles. The molecule has 32 heavy (non-hydrogen) atoms. The Labute approximate surface area is 190 Å². The zero-order valence-electron chi connectivity index (χ0n) is 18.8. The van der Waals surface area contributed by atoms with Crippen molar-refractivity contribution in [3.05, 3.63) is 65.7 Å². The van der Waals surface area contributed by atoms with Crippen LogP contribution in [0.4, 0.5) is 17.2 Å². The van der Waals surface area contributed by atoms with Gasteiger partial charge in [-0.3, -0.25) is 4.99 Å². The lowest BCUT2D eigenvalue weighted by atomic mass is 10.00. The van der Waals surface area contributed by atoms with Gasteiger partial charge < -0.3 is 15.0 Å². The van der Waals surface area contributed by atoms with Gasteiger partial charge in [0.2, 0.25) is 0 Å². The van der Waals surface area contributed by atoms with E-state index in [2.05, 4.69) is 45.5 Å². The lowest BCUT2D eigenvalue weighted by Crippen LogP contribution is -2.17. The molecule has 2 aromatic carbocycles. The molecule has 1 aromatic heterocycles. The normalized spacial score (nSPS) is 15.2. The maximum atomic E-state index is 6.02. The smallest absolute Gasteiger partial charge is 0.143 e. The van der Waals surface area contributed by atoms with E-state index >= 15 is 0 Å². The highest BCUT2D eigenvalue weighted by Crippen LogP contribution is 2.34. The first kappa shape index (κ1) is 20.6. The van der Waals surface area contributed by atoms with Crippen LogP contribution in [0.2, 0.25) is 0 Å². The average Bonchev–Trinajstić information content (AvgIpc) is 3.35. The minimum absolute atomic E-state index is 0.101. The van der Waals surface area contributed by atoms with Crippen molar-refractivity contribution < 1.29 is 4.74 Å². The zero-order chi connectivity index (χ0) is 21.9.